The molecule has 0 spiro atoms. The molecule has 0 saturated heterocycles. The third kappa shape index (κ3) is 1.20. The number of rotatable bonds is 0. The van der Waals surface area contributed by atoms with Gasteiger partial charge in [-0.1, -0.05) is 12.8 Å². The van der Waals surface area contributed by atoms with E-state index in [0.29, 0.717) is 11.5 Å². The highest BCUT2D eigenvalue weighted by atomic mass is 15.0. The van der Waals surface area contributed by atoms with E-state index in [4.69, 9.17) is 0 Å². The maximum atomic E-state index is 4.34. The summed E-state index contributed by atoms with van der Waals surface area (Å²) in [6, 6.07) is 0. The topological polar surface area (TPSA) is 24.9 Å². The minimum absolute atomic E-state index is 0.300. The first-order valence-electron chi connectivity index (χ1n) is 5.93. The summed E-state index contributed by atoms with van der Waals surface area (Å²) in [7, 11) is 0. The molecule has 1 aliphatic carbocycles. The molecule has 0 bridgehead atoms. The molecule has 2 unspecified atom stereocenters. The summed E-state index contributed by atoms with van der Waals surface area (Å²) in [5.74, 6) is 0.689. The van der Waals surface area contributed by atoms with Crippen LogP contribution in [0.2, 0.25) is 0 Å². The molecule has 1 fully saturated rings. The lowest BCUT2D eigenvalue weighted by molar-refractivity contribution is 0.315. The van der Waals surface area contributed by atoms with E-state index < -0.39 is 0 Å². The van der Waals surface area contributed by atoms with Gasteiger partial charge in [-0.25, -0.2) is 0 Å². The van der Waals surface area contributed by atoms with Crippen molar-refractivity contribution in [3.05, 3.63) is 23.5 Å². The summed E-state index contributed by atoms with van der Waals surface area (Å²) in [4.78, 5) is 4.34. The largest absolute Gasteiger partial charge is 0.379 e. The predicted octanol–water partition coefficient (Wildman–Crippen LogP) is 3.23. The minimum atomic E-state index is 0.300. The lowest BCUT2D eigenvalue weighted by atomic mass is 9.74. The molecule has 0 radical (unpaired) electrons. The third-order valence-electron chi connectivity index (χ3n) is 4.16. The molecule has 1 aromatic rings. The van der Waals surface area contributed by atoms with Crippen LogP contribution in [0.1, 0.15) is 49.7 Å². The molecule has 2 aliphatic rings. The number of pyridine rings is 1. The Kier molecular flexibility index (Phi) is 1.82. The van der Waals surface area contributed by atoms with Crippen LogP contribution >= 0.6 is 0 Å². The zero-order chi connectivity index (χ0) is 10.5. The SMILES string of the molecule is Cc1cncc2c1NC1(C)CCCCC21. The van der Waals surface area contributed by atoms with Crippen molar-refractivity contribution in [2.24, 2.45) is 0 Å². The fraction of sp³-hybridized carbons (Fsp3) is 0.615. The van der Waals surface area contributed by atoms with E-state index in [1.54, 1.807) is 0 Å². The van der Waals surface area contributed by atoms with Gasteiger partial charge in [-0.3, -0.25) is 4.98 Å². The van der Waals surface area contributed by atoms with Gasteiger partial charge in [-0.15, -0.1) is 0 Å². The minimum Gasteiger partial charge on any atom is -0.379 e. The lowest BCUT2D eigenvalue weighted by Gasteiger charge is -2.36. The molecular formula is C13H18N2. The van der Waals surface area contributed by atoms with Gasteiger partial charge in [0, 0.05) is 29.5 Å². The molecule has 0 amide bonds. The van der Waals surface area contributed by atoms with Crippen LogP contribution in [0.5, 0.6) is 0 Å². The maximum Gasteiger partial charge on any atom is 0.0441 e. The molecule has 1 aromatic heterocycles. The second-order valence-electron chi connectivity index (χ2n) is 5.26. The van der Waals surface area contributed by atoms with E-state index in [-0.39, 0.29) is 0 Å². The van der Waals surface area contributed by atoms with Crippen molar-refractivity contribution in [2.75, 3.05) is 5.32 Å². The summed E-state index contributed by atoms with van der Waals surface area (Å²) in [6.45, 7) is 4.52. The van der Waals surface area contributed by atoms with Gasteiger partial charge in [0.2, 0.25) is 0 Å². The highest BCUT2D eigenvalue weighted by molar-refractivity contribution is 5.64. The Hall–Kier alpha value is -1.05. The number of fused-ring (bicyclic) bond motifs is 3. The number of aryl methyl sites for hydroxylation is 1. The van der Waals surface area contributed by atoms with Gasteiger partial charge in [-0.05, 0) is 37.8 Å². The van der Waals surface area contributed by atoms with E-state index in [1.165, 1.54) is 42.5 Å². The van der Waals surface area contributed by atoms with Crippen molar-refractivity contribution in [1.29, 1.82) is 0 Å². The van der Waals surface area contributed by atoms with Crippen LogP contribution < -0.4 is 5.32 Å². The average Bonchev–Trinajstić information content (AvgIpc) is 2.52. The van der Waals surface area contributed by atoms with Gasteiger partial charge in [-0.2, -0.15) is 0 Å². The monoisotopic (exact) mass is 202 g/mol. The van der Waals surface area contributed by atoms with Crippen molar-refractivity contribution in [1.82, 2.24) is 4.98 Å². The number of anilines is 1. The lowest BCUT2D eigenvalue weighted by Crippen LogP contribution is -2.38. The van der Waals surface area contributed by atoms with E-state index in [9.17, 15) is 0 Å². The molecule has 2 heterocycles. The van der Waals surface area contributed by atoms with Gasteiger partial charge >= 0.3 is 0 Å². The van der Waals surface area contributed by atoms with Crippen molar-refractivity contribution >= 4 is 5.69 Å². The maximum absolute atomic E-state index is 4.34. The Morgan fingerprint density at radius 1 is 1.40 bits per heavy atom. The van der Waals surface area contributed by atoms with Gasteiger partial charge < -0.3 is 5.32 Å². The number of nitrogens with zero attached hydrogens (tertiary/aromatic N) is 1. The van der Waals surface area contributed by atoms with E-state index >= 15 is 0 Å². The molecule has 2 nitrogen and oxygen atoms in total. The Labute approximate surface area is 91.1 Å². The zero-order valence-electron chi connectivity index (χ0n) is 9.51. The highest BCUT2D eigenvalue weighted by Crippen LogP contribution is 2.50. The fourth-order valence-corrected chi connectivity index (χ4v) is 3.29. The number of nitrogens with one attached hydrogen (secondary N) is 1. The fourth-order valence-electron chi connectivity index (χ4n) is 3.29. The third-order valence-corrected chi connectivity index (χ3v) is 4.16. The number of hydrogen-bond acceptors (Lipinski definition) is 2. The van der Waals surface area contributed by atoms with Gasteiger partial charge in [0.05, 0.1) is 0 Å². The van der Waals surface area contributed by atoms with E-state index in [2.05, 4.69) is 30.3 Å². The number of hydrogen-bond donors (Lipinski definition) is 1. The van der Waals surface area contributed by atoms with Crippen LogP contribution in [-0.2, 0) is 0 Å². The molecule has 1 N–H and O–H groups in total. The Balaban J connectivity index is 2.11. The second-order valence-corrected chi connectivity index (χ2v) is 5.26. The molecule has 3 rings (SSSR count). The molecule has 1 aliphatic heterocycles. The van der Waals surface area contributed by atoms with Crippen LogP contribution in [0.3, 0.4) is 0 Å². The molecular weight excluding hydrogens is 184 g/mol. The predicted molar refractivity (Wildman–Crippen MR) is 62.2 cm³/mol. The first-order valence-corrected chi connectivity index (χ1v) is 5.93. The van der Waals surface area contributed by atoms with Gasteiger partial charge in [0.25, 0.3) is 0 Å². The highest BCUT2D eigenvalue weighted by Gasteiger charge is 2.44. The van der Waals surface area contributed by atoms with Crippen LogP contribution in [0.25, 0.3) is 0 Å². The Morgan fingerprint density at radius 2 is 2.27 bits per heavy atom. The zero-order valence-corrected chi connectivity index (χ0v) is 9.51. The van der Waals surface area contributed by atoms with Gasteiger partial charge in [0.15, 0.2) is 0 Å². The summed E-state index contributed by atoms with van der Waals surface area (Å²) in [6.07, 6.45) is 9.38. The normalized spacial score (nSPS) is 33.1. The number of aromatic nitrogens is 1. The molecule has 2 heteroatoms. The quantitative estimate of drug-likeness (QED) is 0.698. The van der Waals surface area contributed by atoms with Crippen LogP contribution in [-0.4, -0.2) is 10.5 Å². The molecule has 80 valence electrons. The van der Waals surface area contributed by atoms with Crippen LogP contribution in [0.15, 0.2) is 12.4 Å². The Morgan fingerprint density at radius 3 is 3.13 bits per heavy atom. The second kappa shape index (κ2) is 2.97. The first kappa shape index (κ1) is 9.20. The van der Waals surface area contributed by atoms with Crippen molar-refractivity contribution in [2.45, 2.75) is 51.0 Å². The molecule has 15 heavy (non-hydrogen) atoms. The van der Waals surface area contributed by atoms with Crippen molar-refractivity contribution < 1.29 is 0 Å². The standard InChI is InChI=1S/C13H18N2/c1-9-7-14-8-10-11-5-3-4-6-13(11,2)15-12(9)10/h7-8,11,15H,3-6H2,1-2H3. The van der Waals surface area contributed by atoms with E-state index in [1.807, 2.05) is 6.20 Å². The van der Waals surface area contributed by atoms with Gasteiger partial charge in [0.1, 0.15) is 0 Å². The summed E-state index contributed by atoms with van der Waals surface area (Å²) < 4.78 is 0. The molecule has 1 saturated carbocycles. The van der Waals surface area contributed by atoms with Crippen LogP contribution in [0.4, 0.5) is 5.69 Å². The van der Waals surface area contributed by atoms with Crippen LogP contribution in [0, 0.1) is 6.92 Å². The molecule has 2 atom stereocenters. The summed E-state index contributed by atoms with van der Waals surface area (Å²) in [5, 5.41) is 3.74. The average molecular weight is 202 g/mol. The van der Waals surface area contributed by atoms with Crippen molar-refractivity contribution in [3.63, 3.8) is 0 Å². The molecule has 0 aromatic carbocycles. The summed E-state index contributed by atoms with van der Waals surface area (Å²) in [5.41, 5.74) is 4.41. The smallest absolute Gasteiger partial charge is 0.0441 e. The summed E-state index contributed by atoms with van der Waals surface area (Å²) >= 11 is 0. The van der Waals surface area contributed by atoms with Crippen molar-refractivity contribution in [3.8, 4) is 0 Å². The first-order chi connectivity index (χ1) is 7.21. The Bertz CT molecular complexity index is 400. The van der Waals surface area contributed by atoms with E-state index in [0.717, 1.165) is 0 Å².